The number of nitrogens with zero attached hydrogens (tertiary/aromatic N) is 2. The van der Waals surface area contributed by atoms with Crippen LogP contribution in [-0.4, -0.2) is 27.6 Å². The van der Waals surface area contributed by atoms with Crippen LogP contribution in [0.4, 0.5) is 5.69 Å². The fraction of sp³-hybridized carbons (Fsp3) is 0.333. The van der Waals surface area contributed by atoms with Crippen molar-refractivity contribution in [3.05, 3.63) is 82.2 Å². The quantitative estimate of drug-likeness (QED) is 0.403. The zero-order valence-electron chi connectivity index (χ0n) is 15.7. The Hall–Kier alpha value is -3.10. The van der Waals surface area contributed by atoms with Crippen molar-refractivity contribution in [3.8, 4) is 0 Å². The molecule has 0 aliphatic carbocycles. The highest BCUT2D eigenvalue weighted by atomic mass is 16.7. The van der Waals surface area contributed by atoms with Crippen LogP contribution >= 0.6 is 0 Å². The maximum Gasteiger partial charge on any atom is 0.303 e. The molecule has 0 radical (unpaired) electrons. The van der Waals surface area contributed by atoms with Gasteiger partial charge in [-0.05, 0) is 36.6 Å². The predicted octanol–water partition coefficient (Wildman–Crippen LogP) is 4.20. The maximum absolute atomic E-state index is 10.8. The number of hydrogen-bond acceptors (Lipinski definition) is 6. The molecular formula is C21H22N2O6. The second-order valence-corrected chi connectivity index (χ2v) is 6.76. The minimum Gasteiger partial charge on any atom is -0.481 e. The van der Waals surface area contributed by atoms with Gasteiger partial charge < -0.3 is 14.6 Å². The first kappa shape index (κ1) is 20.6. The van der Waals surface area contributed by atoms with Crippen molar-refractivity contribution in [1.29, 1.82) is 0 Å². The lowest BCUT2D eigenvalue weighted by Crippen LogP contribution is -2.30. The lowest BCUT2D eigenvalue weighted by Gasteiger charge is -2.36. The molecule has 1 aliphatic heterocycles. The molecule has 29 heavy (non-hydrogen) atoms. The molecule has 3 atom stereocenters. The Morgan fingerprint density at radius 1 is 1.24 bits per heavy atom. The number of aromatic nitrogens is 1. The van der Waals surface area contributed by atoms with Gasteiger partial charge in [0.2, 0.25) is 0 Å². The first-order valence-electron chi connectivity index (χ1n) is 9.32. The maximum atomic E-state index is 10.8. The number of pyridine rings is 1. The summed E-state index contributed by atoms with van der Waals surface area (Å²) in [4.78, 5) is 25.2. The van der Waals surface area contributed by atoms with Crippen LogP contribution in [0.15, 0.2) is 60.9 Å². The van der Waals surface area contributed by atoms with Crippen LogP contribution < -0.4 is 0 Å². The van der Waals surface area contributed by atoms with Crippen molar-refractivity contribution >= 4 is 11.7 Å². The van der Waals surface area contributed by atoms with Crippen LogP contribution in [0.5, 0.6) is 0 Å². The summed E-state index contributed by atoms with van der Waals surface area (Å²) in [6.45, 7) is 0.435. The molecule has 152 valence electrons. The van der Waals surface area contributed by atoms with Crippen LogP contribution in [-0.2, 0) is 14.3 Å². The number of carbonyl (C=O) groups is 1. The first-order valence-corrected chi connectivity index (χ1v) is 9.32. The fourth-order valence-electron chi connectivity index (χ4n) is 3.19. The summed E-state index contributed by atoms with van der Waals surface area (Å²) < 4.78 is 12.1. The molecule has 1 aromatic carbocycles. The normalized spacial score (nSPS) is 21.9. The highest BCUT2D eigenvalue weighted by molar-refractivity contribution is 5.66. The van der Waals surface area contributed by atoms with Crippen molar-refractivity contribution in [1.82, 2.24) is 4.98 Å². The number of rotatable bonds is 8. The van der Waals surface area contributed by atoms with Crippen LogP contribution in [0, 0.1) is 16.0 Å². The van der Waals surface area contributed by atoms with Gasteiger partial charge in [-0.15, -0.1) is 0 Å². The van der Waals surface area contributed by atoms with Gasteiger partial charge in [0.25, 0.3) is 5.69 Å². The van der Waals surface area contributed by atoms with E-state index in [4.69, 9.17) is 14.6 Å². The van der Waals surface area contributed by atoms with E-state index in [0.717, 1.165) is 5.56 Å². The summed E-state index contributed by atoms with van der Waals surface area (Å²) in [5, 5.41) is 19.6. The van der Waals surface area contributed by atoms with Crippen molar-refractivity contribution in [2.75, 3.05) is 6.61 Å². The van der Waals surface area contributed by atoms with E-state index in [1.165, 1.54) is 12.1 Å². The van der Waals surface area contributed by atoms with Gasteiger partial charge in [0.15, 0.2) is 6.29 Å². The number of allylic oxidation sites excluding steroid dienone is 2. The molecule has 0 spiro atoms. The summed E-state index contributed by atoms with van der Waals surface area (Å²) in [6, 6.07) is 9.91. The van der Waals surface area contributed by atoms with Gasteiger partial charge in [-0.2, -0.15) is 0 Å². The topological polar surface area (TPSA) is 112 Å². The van der Waals surface area contributed by atoms with Gasteiger partial charge in [-0.3, -0.25) is 19.9 Å². The van der Waals surface area contributed by atoms with E-state index in [-0.39, 0.29) is 24.1 Å². The lowest BCUT2D eigenvalue weighted by atomic mass is 9.92. The molecule has 2 heterocycles. The van der Waals surface area contributed by atoms with Crippen molar-refractivity contribution in [2.24, 2.45) is 5.92 Å². The Balaban J connectivity index is 1.71. The SMILES string of the molecule is O=C(O)CC/C=C\C[C@@H]1CO[C@H](c2ccc([N+](=O)[O-])cc2)O[C@@H]1c1cccnc1. The molecule has 1 fully saturated rings. The van der Waals surface area contributed by atoms with E-state index in [9.17, 15) is 14.9 Å². The molecule has 0 amide bonds. The van der Waals surface area contributed by atoms with Gasteiger partial charge in [0, 0.05) is 42.4 Å². The second-order valence-electron chi connectivity index (χ2n) is 6.76. The highest BCUT2D eigenvalue weighted by Crippen LogP contribution is 2.39. The van der Waals surface area contributed by atoms with E-state index in [2.05, 4.69) is 4.98 Å². The summed E-state index contributed by atoms with van der Waals surface area (Å²) in [5.74, 6) is -0.785. The minimum absolute atomic E-state index is 0.0118. The molecule has 8 nitrogen and oxygen atoms in total. The van der Waals surface area contributed by atoms with Crippen molar-refractivity contribution < 1.29 is 24.3 Å². The minimum atomic E-state index is -0.821. The third kappa shape index (κ3) is 5.69. The highest BCUT2D eigenvalue weighted by Gasteiger charge is 2.33. The summed E-state index contributed by atoms with van der Waals surface area (Å²) in [6.07, 6.45) is 7.62. The number of carboxylic acids is 1. The van der Waals surface area contributed by atoms with Crippen molar-refractivity contribution in [2.45, 2.75) is 31.7 Å². The van der Waals surface area contributed by atoms with E-state index >= 15 is 0 Å². The van der Waals surface area contributed by atoms with Crippen LogP contribution in [0.25, 0.3) is 0 Å². The second kappa shape index (κ2) is 9.90. The number of non-ortho nitro benzene ring substituents is 1. The molecule has 1 aromatic heterocycles. The van der Waals surface area contributed by atoms with Gasteiger partial charge >= 0.3 is 5.97 Å². The van der Waals surface area contributed by atoms with Crippen LogP contribution in [0.1, 0.15) is 42.8 Å². The Bertz CT molecular complexity index is 853. The van der Waals surface area contributed by atoms with E-state index in [0.29, 0.717) is 25.0 Å². The lowest BCUT2D eigenvalue weighted by molar-refractivity contribution is -0.384. The van der Waals surface area contributed by atoms with E-state index < -0.39 is 17.2 Å². The zero-order valence-corrected chi connectivity index (χ0v) is 15.7. The molecular weight excluding hydrogens is 376 g/mol. The summed E-state index contributed by atoms with van der Waals surface area (Å²) in [5.41, 5.74) is 1.64. The summed E-state index contributed by atoms with van der Waals surface area (Å²) in [7, 11) is 0. The van der Waals surface area contributed by atoms with Crippen LogP contribution in [0.2, 0.25) is 0 Å². The number of nitro groups is 1. The number of benzene rings is 1. The predicted molar refractivity (Wildman–Crippen MR) is 104 cm³/mol. The molecule has 1 N–H and O–H groups in total. The zero-order chi connectivity index (χ0) is 20.6. The standard InChI is InChI=1S/C21H22N2O6/c24-19(25)7-3-1-2-5-17-14-28-21(15-8-10-18(11-9-15)23(26)27)29-20(17)16-6-4-12-22-13-16/h1-2,4,6,8-13,17,20-21H,3,5,7,14H2,(H,24,25)/b2-1-/t17-,20-,21+/m1/s1. The number of ether oxygens (including phenoxy) is 2. The summed E-state index contributed by atoms with van der Waals surface area (Å²) >= 11 is 0. The van der Waals surface area contributed by atoms with Gasteiger partial charge in [-0.1, -0.05) is 18.2 Å². The average Bonchev–Trinajstić information content (AvgIpc) is 2.74. The molecule has 3 rings (SSSR count). The molecule has 0 bridgehead atoms. The Kier molecular flexibility index (Phi) is 7.04. The van der Waals surface area contributed by atoms with E-state index in [1.807, 2.05) is 24.3 Å². The third-order valence-corrected chi connectivity index (χ3v) is 4.68. The Morgan fingerprint density at radius 3 is 2.69 bits per heavy atom. The average molecular weight is 398 g/mol. The monoisotopic (exact) mass is 398 g/mol. The molecule has 0 unspecified atom stereocenters. The van der Waals surface area contributed by atoms with Crippen LogP contribution in [0.3, 0.4) is 0 Å². The molecule has 0 saturated carbocycles. The molecule has 1 aliphatic rings. The molecule has 2 aromatic rings. The van der Waals surface area contributed by atoms with Gasteiger partial charge in [0.05, 0.1) is 17.6 Å². The molecule has 8 heteroatoms. The number of hydrogen-bond donors (Lipinski definition) is 1. The molecule has 1 saturated heterocycles. The number of aliphatic carboxylic acids is 1. The van der Waals surface area contributed by atoms with Crippen molar-refractivity contribution in [3.63, 3.8) is 0 Å². The Morgan fingerprint density at radius 2 is 2.03 bits per heavy atom. The third-order valence-electron chi connectivity index (χ3n) is 4.68. The van der Waals surface area contributed by atoms with Gasteiger partial charge in [-0.25, -0.2) is 0 Å². The Labute approximate surface area is 167 Å². The fourth-order valence-corrected chi connectivity index (χ4v) is 3.19. The number of carboxylic acid groups (broad SMARTS) is 1. The van der Waals surface area contributed by atoms with Gasteiger partial charge in [0.1, 0.15) is 0 Å². The number of nitro benzene ring substituents is 1. The smallest absolute Gasteiger partial charge is 0.303 e. The first-order chi connectivity index (χ1) is 14.0. The largest absolute Gasteiger partial charge is 0.481 e. The van der Waals surface area contributed by atoms with E-state index in [1.54, 1.807) is 24.5 Å².